The van der Waals surface area contributed by atoms with Crippen LogP contribution in [0.25, 0.3) is 11.8 Å². The number of nitrogens with one attached hydrogen (secondary N) is 1. The van der Waals surface area contributed by atoms with Crippen LogP contribution in [0.5, 0.6) is 0 Å². The zero-order chi connectivity index (χ0) is 16.5. The molecule has 1 amide bonds. The summed E-state index contributed by atoms with van der Waals surface area (Å²) in [6.07, 6.45) is 5.54. The number of hydrogen-bond donors (Lipinski definition) is 1. The van der Waals surface area contributed by atoms with Gasteiger partial charge in [-0.1, -0.05) is 36.0 Å². The third-order valence-corrected chi connectivity index (χ3v) is 5.12. The molecule has 0 radical (unpaired) electrons. The van der Waals surface area contributed by atoms with Crippen LogP contribution in [0.2, 0.25) is 0 Å². The van der Waals surface area contributed by atoms with Gasteiger partial charge in [-0.05, 0) is 35.9 Å². The molecule has 0 saturated heterocycles. The van der Waals surface area contributed by atoms with E-state index in [1.165, 1.54) is 11.8 Å². The third kappa shape index (κ3) is 2.65. The molecule has 1 unspecified atom stereocenters. The van der Waals surface area contributed by atoms with Gasteiger partial charge in [-0.25, -0.2) is 5.01 Å². The average molecular weight is 354 g/mol. The molecule has 3 heterocycles. The number of benzene rings is 1. The Morgan fingerprint density at radius 1 is 1.29 bits per heavy atom. The maximum absolute atomic E-state index is 12.6. The van der Waals surface area contributed by atoms with Crippen molar-refractivity contribution >= 4 is 45.9 Å². The third-order valence-electron chi connectivity index (χ3n) is 3.71. The van der Waals surface area contributed by atoms with E-state index in [-0.39, 0.29) is 12.1 Å². The Balaban J connectivity index is 1.86. The number of para-hydroxylation sites is 1. The van der Waals surface area contributed by atoms with Crippen LogP contribution in [0.15, 0.2) is 57.9 Å². The Morgan fingerprint density at radius 3 is 2.96 bits per heavy atom. The fourth-order valence-corrected chi connectivity index (χ4v) is 3.63. The van der Waals surface area contributed by atoms with Crippen molar-refractivity contribution < 1.29 is 4.79 Å². The van der Waals surface area contributed by atoms with Crippen LogP contribution in [-0.4, -0.2) is 28.5 Å². The molecular weight excluding hydrogens is 340 g/mol. The summed E-state index contributed by atoms with van der Waals surface area (Å²) in [6, 6.07) is 11.7. The van der Waals surface area contributed by atoms with Gasteiger partial charge in [-0.2, -0.15) is 0 Å². The summed E-state index contributed by atoms with van der Waals surface area (Å²) in [7, 11) is 0. The van der Waals surface area contributed by atoms with E-state index in [0.717, 1.165) is 15.5 Å². The highest BCUT2D eigenvalue weighted by molar-refractivity contribution is 8.13. The zero-order valence-corrected chi connectivity index (χ0v) is 14.5. The first kappa shape index (κ1) is 15.2. The average Bonchev–Trinajstić information content (AvgIpc) is 3.12. The highest BCUT2D eigenvalue weighted by atomic mass is 32.2. The van der Waals surface area contributed by atoms with Crippen LogP contribution >= 0.6 is 23.1 Å². The fraction of sp³-hybridized carbons (Fsp3) is 0.118. The lowest BCUT2D eigenvalue weighted by Crippen LogP contribution is -2.52. The summed E-state index contributed by atoms with van der Waals surface area (Å²) in [4.78, 5) is 18.5. The van der Waals surface area contributed by atoms with Crippen molar-refractivity contribution in [3.63, 3.8) is 0 Å². The quantitative estimate of drug-likeness (QED) is 0.891. The number of thioether (sulfide) groups is 1. The molecule has 0 spiro atoms. The Bertz CT molecular complexity index is 963. The molecule has 5 nitrogen and oxygen atoms in total. The minimum absolute atomic E-state index is 0.147. The first-order valence-electron chi connectivity index (χ1n) is 7.38. The van der Waals surface area contributed by atoms with E-state index < -0.39 is 0 Å². The summed E-state index contributed by atoms with van der Waals surface area (Å²) in [5.41, 5.74) is 0.541. The second kappa shape index (κ2) is 6.26. The molecule has 24 heavy (non-hydrogen) atoms. The van der Waals surface area contributed by atoms with Gasteiger partial charge in [-0.3, -0.25) is 15.1 Å². The van der Waals surface area contributed by atoms with Gasteiger partial charge in [0.05, 0.1) is 5.36 Å². The fourth-order valence-electron chi connectivity index (χ4n) is 2.64. The van der Waals surface area contributed by atoms with Gasteiger partial charge in [0.25, 0.3) is 5.91 Å². The van der Waals surface area contributed by atoms with Crippen LogP contribution in [0.1, 0.15) is 4.88 Å². The van der Waals surface area contributed by atoms with Gasteiger partial charge >= 0.3 is 0 Å². The number of amidine groups is 1. The van der Waals surface area contributed by atoms with Gasteiger partial charge in [0.2, 0.25) is 0 Å². The van der Waals surface area contributed by atoms with E-state index >= 15 is 0 Å². The molecule has 1 aromatic heterocycles. The first-order chi connectivity index (χ1) is 11.8. The molecule has 1 aromatic carbocycles. The smallest absolute Gasteiger partial charge is 0.276 e. The number of carbonyl (C=O) groups excluding carboxylic acids is 1. The highest BCUT2D eigenvalue weighted by Gasteiger charge is 2.31. The molecule has 4 rings (SSSR count). The number of hydrazone groups is 1. The van der Waals surface area contributed by atoms with Crippen LogP contribution < -0.4 is 15.9 Å². The molecule has 0 aliphatic carbocycles. The monoisotopic (exact) mass is 354 g/mol. The van der Waals surface area contributed by atoms with Crippen LogP contribution in [0, 0.1) is 0 Å². The zero-order valence-electron chi connectivity index (χ0n) is 12.8. The number of rotatable bonds is 2. The summed E-state index contributed by atoms with van der Waals surface area (Å²) in [5.74, 6) is -0.147. The molecule has 0 bridgehead atoms. The molecule has 7 heteroatoms. The van der Waals surface area contributed by atoms with Gasteiger partial charge in [0.15, 0.2) is 11.3 Å². The van der Waals surface area contributed by atoms with Crippen molar-refractivity contribution in [2.75, 3.05) is 6.26 Å². The number of fused-ring (bicyclic) bond motifs is 2. The van der Waals surface area contributed by atoms with E-state index in [0.29, 0.717) is 10.9 Å². The molecule has 1 atom stereocenters. The minimum atomic E-state index is -0.342. The second-order valence-electron chi connectivity index (χ2n) is 5.19. The molecule has 120 valence electrons. The topological polar surface area (TPSA) is 57.1 Å². The molecule has 0 saturated carbocycles. The molecule has 1 N–H and O–H groups in total. The Labute approximate surface area is 147 Å². The van der Waals surface area contributed by atoms with Crippen molar-refractivity contribution in [1.82, 2.24) is 10.3 Å². The lowest BCUT2D eigenvalue weighted by Gasteiger charge is -2.32. The number of thiophene rings is 1. The van der Waals surface area contributed by atoms with Crippen molar-refractivity contribution in [3.05, 3.63) is 63.3 Å². The molecule has 2 aliphatic rings. The van der Waals surface area contributed by atoms with Gasteiger partial charge < -0.3 is 0 Å². The number of carbonyl (C=O) groups is 1. The van der Waals surface area contributed by atoms with E-state index in [1.807, 2.05) is 60.2 Å². The maximum atomic E-state index is 12.6. The van der Waals surface area contributed by atoms with E-state index in [2.05, 4.69) is 10.4 Å². The standard InChI is InChI=1S/C17H14N4OS2/c1-23-17-19-16(22)15-12-6-2-3-7-13(12)18-14(21(15)20-17)9-8-11-5-4-10-24-11/h2-10,14H,1H3,(H,19,20,22)/b9-8+. The van der Waals surface area contributed by atoms with E-state index in [9.17, 15) is 4.79 Å². The summed E-state index contributed by atoms with van der Waals surface area (Å²) >= 11 is 3.06. The number of amides is 1. The summed E-state index contributed by atoms with van der Waals surface area (Å²) in [6.45, 7) is 0. The van der Waals surface area contributed by atoms with E-state index in [1.54, 1.807) is 16.3 Å². The number of hydrogen-bond acceptors (Lipinski definition) is 6. The molecular formula is C17H14N4OS2. The predicted molar refractivity (Wildman–Crippen MR) is 98.7 cm³/mol. The van der Waals surface area contributed by atoms with Gasteiger partial charge in [-0.15, -0.1) is 16.4 Å². The molecule has 0 fully saturated rings. The molecule has 2 aromatic rings. The largest absolute Gasteiger partial charge is 0.298 e. The van der Waals surface area contributed by atoms with Crippen LogP contribution in [-0.2, 0) is 4.79 Å². The Hall–Kier alpha value is -2.38. The lowest BCUT2D eigenvalue weighted by molar-refractivity contribution is -0.116. The van der Waals surface area contributed by atoms with Crippen LogP contribution in [0.3, 0.4) is 0 Å². The minimum Gasteiger partial charge on any atom is -0.298 e. The van der Waals surface area contributed by atoms with Crippen molar-refractivity contribution in [2.45, 2.75) is 6.17 Å². The lowest BCUT2D eigenvalue weighted by atomic mass is 10.1. The SMILES string of the molecule is CSC1=NN2C(=c3ccccc3=NC2/C=C/c2cccs2)C(=O)N1. The predicted octanol–water partition coefficient (Wildman–Crippen LogP) is 1.59. The number of nitrogens with zero attached hydrogens (tertiary/aromatic N) is 3. The van der Waals surface area contributed by atoms with Crippen molar-refractivity contribution in [2.24, 2.45) is 10.1 Å². The van der Waals surface area contributed by atoms with Gasteiger partial charge in [0, 0.05) is 10.1 Å². The normalized spacial score (nSPS) is 19.5. The Kier molecular flexibility index (Phi) is 3.95. The highest BCUT2D eigenvalue weighted by Crippen LogP contribution is 2.21. The van der Waals surface area contributed by atoms with Crippen molar-refractivity contribution in [3.8, 4) is 0 Å². The maximum Gasteiger partial charge on any atom is 0.276 e. The second-order valence-corrected chi connectivity index (χ2v) is 6.97. The van der Waals surface area contributed by atoms with Gasteiger partial charge in [0.1, 0.15) is 5.70 Å². The summed E-state index contributed by atoms with van der Waals surface area (Å²) in [5, 5.41) is 13.3. The Morgan fingerprint density at radius 2 is 2.17 bits per heavy atom. The van der Waals surface area contributed by atoms with Crippen LogP contribution in [0.4, 0.5) is 0 Å². The van der Waals surface area contributed by atoms with Crippen molar-refractivity contribution in [1.29, 1.82) is 0 Å². The molecule has 2 aliphatic heterocycles. The summed E-state index contributed by atoms with van der Waals surface area (Å²) < 4.78 is 0. The first-order valence-corrected chi connectivity index (χ1v) is 9.49. The van der Waals surface area contributed by atoms with E-state index in [4.69, 9.17) is 4.99 Å².